The molecule has 1 aliphatic heterocycles. The highest BCUT2D eigenvalue weighted by Gasteiger charge is 2.52. The first-order valence-corrected chi connectivity index (χ1v) is 9.87. The van der Waals surface area contributed by atoms with Crippen molar-refractivity contribution in [2.24, 2.45) is 11.8 Å². The predicted octanol–water partition coefficient (Wildman–Crippen LogP) is 3.44. The van der Waals surface area contributed by atoms with Gasteiger partial charge in [-0.2, -0.15) is 0 Å². The number of aliphatic hydroxyl groups is 1. The van der Waals surface area contributed by atoms with Crippen LogP contribution in [0.3, 0.4) is 0 Å². The molecule has 2 fully saturated rings. The molecule has 2 aromatic rings. The fraction of sp³-hybridized carbons (Fsp3) is 0.478. The standard InChI is InChI=1S/C23H29NO4/c1-26-19-7-5-18(6-8-19)23(25)11-10-17-14-24(15-20(17)23)13-16-4-9-21(27-2)22(12-16)28-3/h4-9,12,17,20,25H,10-11,13-15H2,1-3H3/t17-,20+,23+/m1/s1. The van der Waals surface area contributed by atoms with Crippen LogP contribution in [0.2, 0.25) is 0 Å². The molecular formula is C23H29NO4. The molecule has 1 saturated heterocycles. The van der Waals surface area contributed by atoms with Gasteiger partial charge < -0.3 is 19.3 Å². The molecule has 0 amide bonds. The van der Waals surface area contributed by atoms with Crippen LogP contribution in [0.1, 0.15) is 24.0 Å². The highest BCUT2D eigenvalue weighted by atomic mass is 16.5. The van der Waals surface area contributed by atoms with Gasteiger partial charge in [-0.3, -0.25) is 4.90 Å². The Morgan fingerprint density at radius 1 is 0.964 bits per heavy atom. The summed E-state index contributed by atoms with van der Waals surface area (Å²) < 4.78 is 16.0. The van der Waals surface area contributed by atoms with Crippen molar-refractivity contribution in [3.05, 3.63) is 53.6 Å². The second-order valence-electron chi connectivity index (χ2n) is 7.94. The van der Waals surface area contributed by atoms with Crippen LogP contribution < -0.4 is 14.2 Å². The lowest BCUT2D eigenvalue weighted by Crippen LogP contribution is -2.34. The van der Waals surface area contributed by atoms with Crippen LogP contribution in [0.4, 0.5) is 0 Å². The smallest absolute Gasteiger partial charge is 0.161 e. The Morgan fingerprint density at radius 3 is 2.39 bits per heavy atom. The van der Waals surface area contributed by atoms with Crippen molar-refractivity contribution in [1.29, 1.82) is 0 Å². The fourth-order valence-corrected chi connectivity index (χ4v) is 4.99. The first kappa shape index (κ1) is 19.1. The molecule has 28 heavy (non-hydrogen) atoms. The van der Waals surface area contributed by atoms with Crippen LogP contribution in [-0.2, 0) is 12.1 Å². The summed E-state index contributed by atoms with van der Waals surface area (Å²) in [6.45, 7) is 2.78. The van der Waals surface area contributed by atoms with E-state index in [2.05, 4.69) is 11.0 Å². The number of benzene rings is 2. The summed E-state index contributed by atoms with van der Waals surface area (Å²) in [5, 5.41) is 11.5. The van der Waals surface area contributed by atoms with E-state index in [-0.39, 0.29) is 5.92 Å². The minimum absolute atomic E-state index is 0.265. The number of methoxy groups -OCH3 is 3. The van der Waals surface area contributed by atoms with Gasteiger partial charge in [0.2, 0.25) is 0 Å². The lowest BCUT2D eigenvalue weighted by molar-refractivity contribution is -0.00686. The van der Waals surface area contributed by atoms with E-state index in [1.807, 2.05) is 36.4 Å². The average molecular weight is 383 g/mol. The van der Waals surface area contributed by atoms with Crippen molar-refractivity contribution in [1.82, 2.24) is 4.90 Å². The Kier molecular flexibility index (Phi) is 5.21. The van der Waals surface area contributed by atoms with E-state index in [0.717, 1.165) is 55.3 Å². The monoisotopic (exact) mass is 383 g/mol. The Hall–Kier alpha value is -2.24. The van der Waals surface area contributed by atoms with Crippen molar-refractivity contribution in [2.75, 3.05) is 34.4 Å². The van der Waals surface area contributed by atoms with Crippen LogP contribution in [0, 0.1) is 11.8 Å². The van der Waals surface area contributed by atoms with Gasteiger partial charge in [0.15, 0.2) is 11.5 Å². The summed E-state index contributed by atoms with van der Waals surface area (Å²) in [7, 11) is 4.98. The van der Waals surface area contributed by atoms with Gasteiger partial charge in [0, 0.05) is 25.6 Å². The summed E-state index contributed by atoms with van der Waals surface area (Å²) in [5.74, 6) is 3.13. The van der Waals surface area contributed by atoms with E-state index in [4.69, 9.17) is 14.2 Å². The molecule has 1 saturated carbocycles. The molecule has 0 radical (unpaired) electrons. The molecule has 0 spiro atoms. The summed E-state index contributed by atoms with van der Waals surface area (Å²) >= 11 is 0. The van der Waals surface area contributed by atoms with Gasteiger partial charge in [-0.15, -0.1) is 0 Å². The molecule has 1 N–H and O–H groups in total. The number of ether oxygens (including phenoxy) is 3. The Bertz CT molecular complexity index is 822. The van der Waals surface area contributed by atoms with Crippen LogP contribution in [0.25, 0.3) is 0 Å². The van der Waals surface area contributed by atoms with Crippen molar-refractivity contribution in [2.45, 2.75) is 25.0 Å². The molecule has 0 unspecified atom stereocenters. The van der Waals surface area contributed by atoms with Crippen molar-refractivity contribution in [3.8, 4) is 17.2 Å². The SMILES string of the molecule is COc1ccc([C@@]2(O)CC[C@@H]3CN(Cc4ccc(OC)c(OC)c4)C[C@@H]32)cc1. The number of rotatable bonds is 6. The van der Waals surface area contributed by atoms with E-state index >= 15 is 0 Å². The number of nitrogens with zero attached hydrogens (tertiary/aromatic N) is 1. The van der Waals surface area contributed by atoms with Gasteiger partial charge in [0.1, 0.15) is 5.75 Å². The van der Waals surface area contributed by atoms with Gasteiger partial charge in [0.25, 0.3) is 0 Å². The van der Waals surface area contributed by atoms with Gasteiger partial charge >= 0.3 is 0 Å². The maximum absolute atomic E-state index is 11.5. The second kappa shape index (κ2) is 7.64. The maximum Gasteiger partial charge on any atom is 0.161 e. The van der Waals surface area contributed by atoms with E-state index in [9.17, 15) is 5.11 Å². The van der Waals surface area contributed by atoms with Crippen LogP contribution in [0.5, 0.6) is 17.2 Å². The highest BCUT2D eigenvalue weighted by molar-refractivity contribution is 5.43. The van der Waals surface area contributed by atoms with Crippen molar-refractivity contribution in [3.63, 3.8) is 0 Å². The molecule has 2 aliphatic rings. The minimum atomic E-state index is -0.747. The number of fused-ring (bicyclic) bond motifs is 1. The van der Waals surface area contributed by atoms with Crippen LogP contribution in [-0.4, -0.2) is 44.4 Å². The average Bonchev–Trinajstić information content (AvgIpc) is 3.28. The molecular weight excluding hydrogens is 354 g/mol. The normalized spacial score (nSPS) is 26.9. The topological polar surface area (TPSA) is 51.2 Å². The molecule has 5 nitrogen and oxygen atoms in total. The number of hydrogen-bond acceptors (Lipinski definition) is 5. The minimum Gasteiger partial charge on any atom is -0.497 e. The van der Waals surface area contributed by atoms with Gasteiger partial charge in [-0.25, -0.2) is 0 Å². The number of hydrogen-bond donors (Lipinski definition) is 1. The quantitative estimate of drug-likeness (QED) is 0.828. The molecule has 150 valence electrons. The predicted molar refractivity (Wildman–Crippen MR) is 108 cm³/mol. The molecule has 0 bridgehead atoms. The molecule has 1 heterocycles. The first-order valence-electron chi connectivity index (χ1n) is 9.87. The molecule has 1 aliphatic carbocycles. The zero-order valence-corrected chi connectivity index (χ0v) is 16.9. The van der Waals surface area contributed by atoms with E-state index < -0.39 is 5.60 Å². The molecule has 3 atom stereocenters. The summed E-state index contributed by atoms with van der Waals surface area (Å²) in [6, 6.07) is 14.0. The van der Waals surface area contributed by atoms with Crippen LogP contribution in [0.15, 0.2) is 42.5 Å². The lowest BCUT2D eigenvalue weighted by atomic mass is 9.82. The third kappa shape index (κ3) is 3.33. The molecule has 0 aromatic heterocycles. The highest BCUT2D eigenvalue weighted by Crippen LogP contribution is 2.50. The van der Waals surface area contributed by atoms with Gasteiger partial charge in [0.05, 0.1) is 26.9 Å². The summed E-state index contributed by atoms with van der Waals surface area (Å²) in [6.07, 6.45) is 1.90. The second-order valence-corrected chi connectivity index (χ2v) is 7.94. The third-order valence-electron chi connectivity index (χ3n) is 6.47. The maximum atomic E-state index is 11.5. The van der Waals surface area contributed by atoms with Gasteiger partial charge in [-0.1, -0.05) is 18.2 Å². The van der Waals surface area contributed by atoms with E-state index in [0.29, 0.717) is 5.92 Å². The Morgan fingerprint density at radius 2 is 1.71 bits per heavy atom. The first-order chi connectivity index (χ1) is 13.6. The largest absolute Gasteiger partial charge is 0.497 e. The molecule has 2 aromatic carbocycles. The van der Waals surface area contributed by atoms with Crippen molar-refractivity contribution >= 4 is 0 Å². The lowest BCUT2D eigenvalue weighted by Gasteiger charge is -2.31. The third-order valence-corrected chi connectivity index (χ3v) is 6.47. The zero-order chi connectivity index (χ0) is 19.7. The summed E-state index contributed by atoms with van der Waals surface area (Å²) in [4.78, 5) is 2.45. The number of likely N-dealkylation sites (tertiary alicyclic amines) is 1. The van der Waals surface area contributed by atoms with Gasteiger partial charge in [-0.05, 0) is 54.2 Å². The van der Waals surface area contributed by atoms with E-state index in [1.165, 1.54) is 5.56 Å². The Balaban J connectivity index is 1.48. The Labute approximate surface area is 166 Å². The van der Waals surface area contributed by atoms with Crippen LogP contribution >= 0.6 is 0 Å². The summed E-state index contributed by atoms with van der Waals surface area (Å²) in [5.41, 5.74) is 1.46. The van der Waals surface area contributed by atoms with E-state index in [1.54, 1.807) is 21.3 Å². The molecule has 5 heteroatoms. The zero-order valence-electron chi connectivity index (χ0n) is 16.9. The van der Waals surface area contributed by atoms with Crippen molar-refractivity contribution < 1.29 is 19.3 Å². The fourth-order valence-electron chi connectivity index (χ4n) is 4.99. The molecule has 4 rings (SSSR count).